The van der Waals surface area contributed by atoms with E-state index in [0.717, 1.165) is 32.1 Å². The first-order valence-corrected chi connectivity index (χ1v) is 20.9. The van der Waals surface area contributed by atoms with Gasteiger partial charge in [0.05, 0.1) is 43.9 Å². The lowest BCUT2D eigenvalue weighted by Gasteiger charge is -2.71. The zero-order valence-corrected chi connectivity index (χ0v) is 34.2. The van der Waals surface area contributed by atoms with Crippen LogP contribution in [0.25, 0.3) is 0 Å². The first kappa shape index (κ1) is 43.3. The Morgan fingerprint density at radius 2 is 1.49 bits per heavy atom. The molecule has 5 aliphatic carbocycles. The number of methoxy groups -OCH3 is 1. The van der Waals surface area contributed by atoms with Crippen molar-refractivity contribution < 1.29 is 74.1 Å². The van der Waals surface area contributed by atoms with Crippen molar-refractivity contribution in [2.45, 2.75) is 160 Å². The highest BCUT2D eigenvalue weighted by molar-refractivity contribution is 5.80. The number of carbonyl (C=O) groups is 2. The molecule has 0 amide bonds. The maximum absolute atomic E-state index is 13.1. The van der Waals surface area contributed by atoms with Gasteiger partial charge in [-0.25, -0.2) is 0 Å². The molecule has 7 aliphatic rings. The van der Waals surface area contributed by atoms with Gasteiger partial charge in [0.15, 0.2) is 12.6 Å². The Bertz CT molecular complexity index is 1570. The fourth-order valence-corrected chi connectivity index (χ4v) is 13.6. The minimum atomic E-state index is -1.69. The number of aliphatic carboxylic acids is 1. The topological polar surface area (TPSA) is 242 Å². The SMILES string of the molecule is COC(=O)[C@@]1(C)CC[C@]2(C(=O)O)CC[C@]3(C)C(=CC[C@@H]4[C@]5(C)CC[C@@H](O[C@@H]6OC[C@@H](O[C@@H]7O[C@H](CO)[C@@H](O)[C@H](O)[C@H]7O)[C@H](O)[C@H]6O)[C@@](C)(CO)[C@H]5CC[C@]43C)[C@H]2C1. The molecule has 0 aromatic carbocycles. The predicted molar refractivity (Wildman–Crippen MR) is 200 cm³/mol. The van der Waals surface area contributed by atoms with Gasteiger partial charge in [-0.3, -0.25) is 9.59 Å². The average Bonchev–Trinajstić information content (AvgIpc) is 3.18. The average molecular weight is 811 g/mol. The molecule has 0 bridgehead atoms. The fraction of sp³-hybridized carbons (Fsp3) is 0.905. The standard InChI is InChI=1S/C42H66O15/c1-37(36(52)53-6)13-15-42(35(50)51)16-14-40(4)21(22(42)17-37)7-8-26-38(2)11-10-27(39(3,20-44)25(38)9-12-41(26,40)5)57-33-31(48)29(46)24(19-54-33)56-34-32(49)30(47)28(45)23(18-43)55-34/h7,22-34,43-49H,8-20H2,1-6H3,(H,50,51)/t22-,23-,24-,25+,26-,27-,28-,29+,30+,31-,32-,33+,34+,37+,38-,39+,40-,41-,42+/m1/s1. The molecule has 0 aromatic rings. The minimum absolute atomic E-state index is 0.0253. The molecule has 0 unspecified atom stereocenters. The molecule has 4 saturated carbocycles. The highest BCUT2D eigenvalue weighted by Crippen LogP contribution is 2.76. The summed E-state index contributed by atoms with van der Waals surface area (Å²) in [7, 11) is 1.40. The molecule has 2 heterocycles. The highest BCUT2D eigenvalue weighted by Gasteiger charge is 2.70. The predicted octanol–water partition coefficient (Wildman–Crippen LogP) is 1.65. The zero-order valence-electron chi connectivity index (χ0n) is 34.2. The molecule has 15 nitrogen and oxygen atoms in total. The Balaban J connectivity index is 1.09. The van der Waals surface area contributed by atoms with Crippen molar-refractivity contribution >= 4 is 11.9 Å². The summed E-state index contributed by atoms with van der Waals surface area (Å²) in [6, 6.07) is 0. The summed E-state index contributed by atoms with van der Waals surface area (Å²) in [6.07, 6.45) is -5.10. The lowest BCUT2D eigenvalue weighted by Crippen LogP contribution is -2.67. The summed E-state index contributed by atoms with van der Waals surface area (Å²) in [6.45, 7) is 9.90. The Labute approximate surface area is 334 Å². The van der Waals surface area contributed by atoms with E-state index in [4.69, 9.17) is 23.7 Å². The van der Waals surface area contributed by atoms with Crippen molar-refractivity contribution in [3.63, 3.8) is 0 Å². The number of esters is 1. The summed E-state index contributed by atoms with van der Waals surface area (Å²) in [5.41, 5.74) is -1.94. The van der Waals surface area contributed by atoms with E-state index in [2.05, 4.69) is 26.8 Å². The number of hydrogen-bond acceptors (Lipinski definition) is 14. The number of carboxylic acids is 1. The van der Waals surface area contributed by atoms with Crippen molar-refractivity contribution in [2.24, 2.45) is 50.2 Å². The monoisotopic (exact) mass is 810 g/mol. The smallest absolute Gasteiger partial charge is 0.311 e. The highest BCUT2D eigenvalue weighted by atomic mass is 16.7. The third-order valence-electron chi connectivity index (χ3n) is 17.5. The second-order valence-corrected chi connectivity index (χ2v) is 19.9. The number of ether oxygens (including phenoxy) is 5. The van der Waals surface area contributed by atoms with Gasteiger partial charge in [-0.15, -0.1) is 0 Å². The Hall–Kier alpha value is -1.76. The van der Waals surface area contributed by atoms with Gasteiger partial charge in [-0.1, -0.05) is 39.3 Å². The molecule has 7 rings (SSSR count). The Kier molecular flexibility index (Phi) is 11.4. The first-order chi connectivity index (χ1) is 26.7. The van der Waals surface area contributed by atoms with Crippen molar-refractivity contribution in [1.29, 1.82) is 0 Å². The largest absolute Gasteiger partial charge is 0.481 e. The Morgan fingerprint density at radius 3 is 2.14 bits per heavy atom. The van der Waals surface area contributed by atoms with Gasteiger partial charge < -0.3 is 64.5 Å². The van der Waals surface area contributed by atoms with Crippen molar-refractivity contribution in [3.8, 4) is 0 Å². The molecule has 0 spiro atoms. The second-order valence-electron chi connectivity index (χ2n) is 19.9. The van der Waals surface area contributed by atoms with E-state index in [9.17, 15) is 50.4 Å². The number of aliphatic hydroxyl groups is 7. The number of carbonyl (C=O) groups excluding carboxylic acids is 1. The zero-order chi connectivity index (χ0) is 41.7. The minimum Gasteiger partial charge on any atom is -0.481 e. The van der Waals surface area contributed by atoms with Crippen molar-refractivity contribution in [2.75, 3.05) is 26.9 Å². The summed E-state index contributed by atoms with van der Waals surface area (Å²) in [4.78, 5) is 26.2. The van der Waals surface area contributed by atoms with Crippen LogP contribution in [0.2, 0.25) is 0 Å². The van der Waals surface area contributed by atoms with Gasteiger partial charge in [0, 0.05) is 5.41 Å². The van der Waals surface area contributed by atoms with E-state index < -0.39 is 90.2 Å². The van der Waals surface area contributed by atoms with E-state index in [1.54, 1.807) is 0 Å². The lowest BCUT2D eigenvalue weighted by molar-refractivity contribution is -0.352. The summed E-state index contributed by atoms with van der Waals surface area (Å²) in [5, 5.41) is 84.6. The molecule has 57 heavy (non-hydrogen) atoms. The van der Waals surface area contributed by atoms with E-state index in [1.165, 1.54) is 12.7 Å². The normalized spacial score (nSPS) is 53.6. The van der Waals surface area contributed by atoms with Gasteiger partial charge in [-0.05, 0) is 105 Å². The number of allylic oxidation sites excluding steroid dienone is 2. The van der Waals surface area contributed by atoms with Crippen LogP contribution in [0.15, 0.2) is 11.6 Å². The van der Waals surface area contributed by atoms with Gasteiger partial charge >= 0.3 is 11.9 Å². The molecule has 19 atom stereocenters. The number of fused-ring (bicyclic) bond motifs is 7. The third kappa shape index (κ3) is 6.30. The molecule has 0 aromatic heterocycles. The van der Waals surface area contributed by atoms with Crippen LogP contribution in [0.3, 0.4) is 0 Å². The molecule has 15 heteroatoms. The molecule has 2 saturated heterocycles. The Morgan fingerprint density at radius 1 is 0.807 bits per heavy atom. The molecule has 6 fully saturated rings. The van der Waals surface area contributed by atoms with Crippen LogP contribution in [0.4, 0.5) is 0 Å². The first-order valence-electron chi connectivity index (χ1n) is 20.9. The van der Waals surface area contributed by atoms with Crippen LogP contribution in [0.5, 0.6) is 0 Å². The third-order valence-corrected chi connectivity index (χ3v) is 17.5. The lowest BCUT2D eigenvalue weighted by atomic mass is 9.33. The van der Waals surface area contributed by atoms with E-state index in [1.807, 2.05) is 13.8 Å². The van der Waals surface area contributed by atoms with Crippen molar-refractivity contribution in [1.82, 2.24) is 0 Å². The second kappa shape index (κ2) is 15.0. The van der Waals surface area contributed by atoms with Gasteiger partial charge in [0.1, 0.15) is 42.7 Å². The maximum atomic E-state index is 13.1. The number of carboxylic acid groups (broad SMARTS) is 1. The molecule has 324 valence electrons. The van der Waals surface area contributed by atoms with Gasteiger partial charge in [0.25, 0.3) is 0 Å². The van der Waals surface area contributed by atoms with Crippen LogP contribution in [0, 0.1) is 50.2 Å². The number of aliphatic hydroxyl groups excluding tert-OH is 7. The summed E-state index contributed by atoms with van der Waals surface area (Å²) < 4.78 is 28.8. The van der Waals surface area contributed by atoms with Crippen LogP contribution in [-0.2, 0) is 33.3 Å². The summed E-state index contributed by atoms with van der Waals surface area (Å²) >= 11 is 0. The van der Waals surface area contributed by atoms with Gasteiger partial charge in [0.2, 0.25) is 0 Å². The van der Waals surface area contributed by atoms with Gasteiger partial charge in [-0.2, -0.15) is 0 Å². The number of hydrogen-bond donors (Lipinski definition) is 8. The molecular formula is C42H66O15. The number of rotatable bonds is 8. The van der Waals surface area contributed by atoms with Crippen LogP contribution in [0.1, 0.15) is 98.8 Å². The van der Waals surface area contributed by atoms with E-state index in [0.29, 0.717) is 32.1 Å². The maximum Gasteiger partial charge on any atom is 0.311 e. The molecule has 0 radical (unpaired) electrons. The molecule has 2 aliphatic heterocycles. The van der Waals surface area contributed by atoms with E-state index >= 15 is 0 Å². The van der Waals surface area contributed by atoms with Crippen molar-refractivity contribution in [3.05, 3.63) is 11.6 Å². The molecule has 8 N–H and O–H groups in total. The van der Waals surface area contributed by atoms with Crippen LogP contribution >= 0.6 is 0 Å². The van der Waals surface area contributed by atoms with E-state index in [-0.39, 0.29) is 53.2 Å². The van der Waals surface area contributed by atoms with Crippen LogP contribution < -0.4 is 0 Å². The van der Waals surface area contributed by atoms with Crippen LogP contribution in [-0.4, -0.2) is 141 Å². The molecular weight excluding hydrogens is 744 g/mol. The quantitative estimate of drug-likeness (QED) is 0.0988. The fourth-order valence-electron chi connectivity index (χ4n) is 13.6. The summed E-state index contributed by atoms with van der Waals surface area (Å²) in [5.74, 6) is -1.10.